The van der Waals surface area contributed by atoms with Gasteiger partial charge in [-0.15, -0.1) is 0 Å². The number of piperidine rings is 1. The van der Waals surface area contributed by atoms with Gasteiger partial charge in [0.2, 0.25) is 0 Å². The van der Waals surface area contributed by atoms with Crippen LogP contribution in [0.3, 0.4) is 0 Å². The number of nitrogens with zero attached hydrogens (tertiary/aromatic N) is 3. The normalized spacial score (nSPS) is 22.2. The molecule has 0 bridgehead atoms. The van der Waals surface area contributed by atoms with Gasteiger partial charge >= 0.3 is 11.9 Å². The number of rotatable bonds is 7. The first-order valence-corrected chi connectivity index (χ1v) is 9.19. The molecular weight excluding hydrogens is 422 g/mol. The number of carboxylic acid groups (broad SMARTS) is 2. The van der Waals surface area contributed by atoms with Crippen molar-refractivity contribution in [3.8, 4) is 0 Å². The summed E-state index contributed by atoms with van der Waals surface area (Å²) in [4.78, 5) is 36.4. The number of fused-ring (bicyclic) bond motifs is 1. The van der Waals surface area contributed by atoms with E-state index in [1.807, 2.05) is 12.1 Å². The van der Waals surface area contributed by atoms with Gasteiger partial charge in [0.05, 0.1) is 5.71 Å². The van der Waals surface area contributed by atoms with E-state index in [2.05, 4.69) is 15.4 Å². The molecule has 0 aromatic carbocycles. The third-order valence-corrected chi connectivity index (χ3v) is 4.73. The van der Waals surface area contributed by atoms with Crippen LogP contribution in [0, 0.1) is 5.41 Å². The number of carboxylic acids is 2. The van der Waals surface area contributed by atoms with Crippen LogP contribution in [-0.2, 0) is 20.8 Å². The lowest BCUT2D eigenvalue weighted by Crippen LogP contribution is -2.53. The van der Waals surface area contributed by atoms with Crippen molar-refractivity contribution in [2.45, 2.75) is 31.5 Å². The van der Waals surface area contributed by atoms with Gasteiger partial charge in [-0.3, -0.25) is 9.78 Å². The molecule has 5 N–H and O–H groups in total. The van der Waals surface area contributed by atoms with Gasteiger partial charge in [-0.1, -0.05) is 6.07 Å². The fraction of sp³-hybridized carbons (Fsp3) is 0.500. The second-order valence-corrected chi connectivity index (χ2v) is 6.90. The van der Waals surface area contributed by atoms with Gasteiger partial charge in [0, 0.05) is 37.8 Å². The average molecular weight is 444 g/mol. The minimum atomic E-state index is -2.58. The van der Waals surface area contributed by atoms with Crippen LogP contribution >= 0.6 is 0 Å². The summed E-state index contributed by atoms with van der Waals surface area (Å²) < 4.78 is 25.2. The van der Waals surface area contributed by atoms with E-state index < -0.39 is 42.5 Å². The maximum atomic E-state index is 12.6. The highest BCUT2D eigenvalue weighted by Gasteiger charge is 2.52. The quantitative estimate of drug-likeness (QED) is 0.351. The summed E-state index contributed by atoms with van der Waals surface area (Å²) in [7, 11) is 0. The molecule has 0 unspecified atom stereocenters. The Labute approximate surface area is 175 Å². The number of aliphatic hydroxyl groups excluding tert-OH is 2. The Hall–Kier alpha value is -3.03. The number of halogens is 2. The lowest BCUT2D eigenvalue weighted by Gasteiger charge is -2.32. The van der Waals surface area contributed by atoms with Gasteiger partial charge < -0.3 is 25.7 Å². The fourth-order valence-corrected chi connectivity index (χ4v) is 3.21. The Morgan fingerprint density at radius 3 is 2.35 bits per heavy atom. The molecule has 0 aliphatic carbocycles. The van der Waals surface area contributed by atoms with Crippen molar-refractivity contribution in [1.82, 2.24) is 15.3 Å². The summed E-state index contributed by atoms with van der Waals surface area (Å²) in [5.41, 5.74) is 0.598. The molecule has 11 nitrogen and oxygen atoms in total. The molecule has 13 heteroatoms. The van der Waals surface area contributed by atoms with E-state index in [1.54, 1.807) is 12.3 Å². The SMILES string of the molecule is O=C(O)[C@@H](O)[C@H](O)C(=O)O.O=C1N(CC(F)F)N=C2CCNC[C@@]12Cc1ccccn1. The molecule has 1 fully saturated rings. The Kier molecular flexibility index (Phi) is 8.08. The number of hydrazone groups is 1. The molecule has 3 heterocycles. The predicted octanol–water partition coefficient (Wildman–Crippen LogP) is -1.06. The summed E-state index contributed by atoms with van der Waals surface area (Å²) >= 11 is 0. The van der Waals surface area contributed by atoms with Gasteiger partial charge in [-0.05, 0) is 12.1 Å². The van der Waals surface area contributed by atoms with E-state index in [0.717, 1.165) is 10.7 Å². The monoisotopic (exact) mass is 444 g/mol. The first-order chi connectivity index (χ1) is 14.6. The summed E-state index contributed by atoms with van der Waals surface area (Å²) in [5.74, 6) is -3.89. The number of amides is 1. The second kappa shape index (κ2) is 10.3. The number of aliphatic carboxylic acids is 2. The Morgan fingerprint density at radius 1 is 1.19 bits per heavy atom. The molecule has 2 aliphatic rings. The van der Waals surface area contributed by atoms with Gasteiger partial charge in [0.25, 0.3) is 12.3 Å². The highest BCUT2D eigenvalue weighted by atomic mass is 19.3. The van der Waals surface area contributed by atoms with Crippen LogP contribution in [0.1, 0.15) is 12.1 Å². The van der Waals surface area contributed by atoms with Crippen molar-refractivity contribution in [1.29, 1.82) is 0 Å². The van der Waals surface area contributed by atoms with E-state index >= 15 is 0 Å². The molecule has 3 rings (SSSR count). The van der Waals surface area contributed by atoms with E-state index in [4.69, 9.17) is 20.4 Å². The molecule has 1 aromatic rings. The number of alkyl halides is 2. The first-order valence-electron chi connectivity index (χ1n) is 9.19. The third kappa shape index (κ3) is 5.77. The van der Waals surface area contributed by atoms with Crippen LogP contribution < -0.4 is 5.32 Å². The summed E-state index contributed by atoms with van der Waals surface area (Å²) in [6.45, 7) is 0.478. The van der Waals surface area contributed by atoms with Crippen molar-refractivity contribution in [3.05, 3.63) is 30.1 Å². The van der Waals surface area contributed by atoms with E-state index in [0.29, 0.717) is 31.6 Å². The van der Waals surface area contributed by atoms with Crippen LogP contribution in [0.25, 0.3) is 0 Å². The van der Waals surface area contributed by atoms with Crippen LogP contribution in [0.15, 0.2) is 29.5 Å². The van der Waals surface area contributed by atoms with Gasteiger partial charge in [0.1, 0.15) is 12.0 Å². The maximum absolute atomic E-state index is 12.6. The van der Waals surface area contributed by atoms with Crippen LogP contribution in [-0.4, -0.2) is 92.2 Å². The summed E-state index contributed by atoms with van der Waals surface area (Å²) in [6, 6.07) is 5.49. The van der Waals surface area contributed by atoms with Crippen LogP contribution in [0.4, 0.5) is 8.78 Å². The smallest absolute Gasteiger partial charge is 0.335 e. The largest absolute Gasteiger partial charge is 0.479 e. The summed E-state index contributed by atoms with van der Waals surface area (Å²) in [6.07, 6.45) is -4.47. The average Bonchev–Trinajstić information content (AvgIpc) is 2.99. The highest BCUT2D eigenvalue weighted by Crippen LogP contribution is 2.35. The number of aliphatic hydroxyl groups is 2. The van der Waals surface area contributed by atoms with Crippen molar-refractivity contribution < 1.29 is 43.6 Å². The zero-order valence-corrected chi connectivity index (χ0v) is 16.2. The molecule has 0 radical (unpaired) electrons. The molecule has 2 aliphatic heterocycles. The van der Waals surface area contributed by atoms with Crippen LogP contribution in [0.5, 0.6) is 0 Å². The van der Waals surface area contributed by atoms with Crippen molar-refractivity contribution in [3.63, 3.8) is 0 Å². The van der Waals surface area contributed by atoms with E-state index in [-0.39, 0.29) is 5.91 Å². The molecule has 3 atom stereocenters. The lowest BCUT2D eigenvalue weighted by atomic mass is 9.75. The number of carbonyl (C=O) groups is 3. The molecule has 31 heavy (non-hydrogen) atoms. The van der Waals surface area contributed by atoms with Gasteiger partial charge in [0.15, 0.2) is 12.2 Å². The lowest BCUT2D eigenvalue weighted by molar-refractivity contribution is -0.165. The molecule has 170 valence electrons. The second-order valence-electron chi connectivity index (χ2n) is 6.90. The Morgan fingerprint density at radius 2 is 1.84 bits per heavy atom. The molecule has 0 spiro atoms. The van der Waals surface area contributed by atoms with Crippen molar-refractivity contribution in [2.75, 3.05) is 19.6 Å². The molecular formula is C18H22F2N4O7. The number of nitrogens with one attached hydrogen (secondary N) is 1. The third-order valence-electron chi connectivity index (χ3n) is 4.73. The van der Waals surface area contributed by atoms with E-state index in [1.165, 1.54) is 0 Å². The van der Waals surface area contributed by atoms with Crippen LogP contribution in [0.2, 0.25) is 0 Å². The standard InChI is InChI=1S/C14H16F2N4O.C4H6O6/c15-12(16)8-20-13(21)14(7-10-3-1-2-5-18-10)9-17-6-4-11(14)19-20;5-1(3(7)8)2(6)4(9)10/h1-3,5,12,17H,4,6-9H2;1-2,5-6H,(H,7,8)(H,9,10)/t14-;1-,2-/m10/s1. The number of pyridine rings is 1. The molecule has 0 saturated carbocycles. The van der Waals surface area contributed by atoms with Crippen molar-refractivity contribution >= 4 is 23.6 Å². The Bertz CT molecular complexity index is 821. The van der Waals surface area contributed by atoms with Gasteiger partial charge in [-0.25, -0.2) is 23.4 Å². The number of aromatic nitrogens is 1. The van der Waals surface area contributed by atoms with Crippen molar-refractivity contribution in [2.24, 2.45) is 10.5 Å². The maximum Gasteiger partial charge on any atom is 0.335 e. The highest BCUT2D eigenvalue weighted by molar-refractivity contribution is 6.13. The number of hydrogen-bond donors (Lipinski definition) is 5. The molecule has 1 aromatic heterocycles. The predicted molar refractivity (Wildman–Crippen MR) is 100 cm³/mol. The zero-order chi connectivity index (χ0) is 23.2. The minimum absolute atomic E-state index is 0.351. The fourth-order valence-electron chi connectivity index (χ4n) is 3.21. The van der Waals surface area contributed by atoms with E-state index in [9.17, 15) is 23.2 Å². The number of hydrogen-bond acceptors (Lipinski definition) is 8. The molecule has 1 saturated heterocycles. The first kappa shape index (κ1) is 24.2. The topological polar surface area (TPSA) is 173 Å². The minimum Gasteiger partial charge on any atom is -0.479 e. The Balaban J connectivity index is 0.000000291. The zero-order valence-electron chi connectivity index (χ0n) is 16.2. The number of carbonyl (C=O) groups excluding carboxylic acids is 1. The molecule has 1 amide bonds. The van der Waals surface area contributed by atoms with Gasteiger partial charge in [-0.2, -0.15) is 5.10 Å². The summed E-state index contributed by atoms with van der Waals surface area (Å²) in [5, 5.41) is 40.8.